The molecule has 3 aromatic rings. The zero-order chi connectivity index (χ0) is 22.6. The van der Waals surface area contributed by atoms with Gasteiger partial charge >= 0.3 is 0 Å². The van der Waals surface area contributed by atoms with E-state index in [1.807, 2.05) is 24.3 Å². The number of amides is 2. The van der Waals surface area contributed by atoms with Crippen molar-refractivity contribution in [2.24, 2.45) is 5.92 Å². The van der Waals surface area contributed by atoms with Gasteiger partial charge in [0, 0.05) is 19.3 Å². The number of hydrogen-bond acceptors (Lipinski definition) is 9. The van der Waals surface area contributed by atoms with Crippen LogP contribution in [0.5, 0.6) is 0 Å². The lowest BCUT2D eigenvalue weighted by molar-refractivity contribution is -0.115. The van der Waals surface area contributed by atoms with E-state index in [9.17, 15) is 9.59 Å². The number of anilines is 1. The van der Waals surface area contributed by atoms with Crippen LogP contribution in [-0.4, -0.2) is 40.7 Å². The average molecular weight is 466 g/mol. The maximum absolute atomic E-state index is 11.8. The van der Waals surface area contributed by atoms with Crippen LogP contribution < -0.4 is 15.5 Å². The van der Waals surface area contributed by atoms with E-state index < -0.39 is 0 Å². The quantitative estimate of drug-likeness (QED) is 0.505. The van der Waals surface area contributed by atoms with E-state index in [0.29, 0.717) is 29.0 Å². The number of piperidine rings is 1. The molecule has 3 aromatic heterocycles. The first-order valence-electron chi connectivity index (χ1n) is 10.8. The summed E-state index contributed by atoms with van der Waals surface area (Å²) in [5.41, 5.74) is 0.614. The number of imide groups is 1. The van der Waals surface area contributed by atoms with Crippen molar-refractivity contribution in [3.8, 4) is 11.5 Å². The first-order chi connectivity index (χ1) is 16.1. The molecule has 0 spiro atoms. The van der Waals surface area contributed by atoms with Crippen LogP contribution in [0.1, 0.15) is 24.3 Å². The van der Waals surface area contributed by atoms with Crippen LogP contribution in [0.4, 0.5) is 10.7 Å². The molecular weight excluding hydrogens is 442 g/mol. The van der Waals surface area contributed by atoms with Gasteiger partial charge in [0.1, 0.15) is 5.76 Å². The third kappa shape index (κ3) is 5.18. The van der Waals surface area contributed by atoms with Crippen molar-refractivity contribution in [2.75, 3.05) is 24.5 Å². The zero-order valence-electron chi connectivity index (χ0n) is 17.8. The van der Waals surface area contributed by atoms with Crippen molar-refractivity contribution in [2.45, 2.75) is 19.4 Å². The van der Waals surface area contributed by atoms with Crippen molar-refractivity contribution in [1.82, 2.24) is 20.6 Å². The Kier molecular flexibility index (Phi) is 6.27. The molecule has 0 saturated carbocycles. The van der Waals surface area contributed by atoms with Crippen LogP contribution in [0.15, 0.2) is 56.5 Å². The van der Waals surface area contributed by atoms with Crippen molar-refractivity contribution >= 4 is 34.9 Å². The Morgan fingerprint density at radius 3 is 2.82 bits per heavy atom. The number of furan rings is 2. The Morgan fingerprint density at radius 1 is 1.18 bits per heavy atom. The van der Waals surface area contributed by atoms with Crippen LogP contribution in [0.25, 0.3) is 17.6 Å². The molecule has 10 heteroatoms. The van der Waals surface area contributed by atoms with E-state index in [2.05, 4.69) is 25.5 Å². The van der Waals surface area contributed by atoms with Crippen LogP contribution in [0.2, 0.25) is 0 Å². The molecule has 2 amide bonds. The molecule has 33 heavy (non-hydrogen) atoms. The fourth-order valence-corrected chi connectivity index (χ4v) is 4.58. The highest BCUT2D eigenvalue weighted by molar-refractivity contribution is 8.18. The molecule has 5 heterocycles. The largest absolute Gasteiger partial charge is 0.461 e. The molecule has 9 nitrogen and oxygen atoms in total. The van der Waals surface area contributed by atoms with Crippen molar-refractivity contribution in [3.63, 3.8) is 0 Å². The number of nitrogens with zero attached hydrogens (tertiary/aromatic N) is 3. The fraction of sp³-hybridized carbons (Fsp3) is 0.304. The summed E-state index contributed by atoms with van der Waals surface area (Å²) in [6, 6.07) is 9.35. The van der Waals surface area contributed by atoms with Crippen molar-refractivity contribution in [1.29, 1.82) is 0 Å². The molecule has 5 rings (SSSR count). The number of carbonyl (C=O) groups is 2. The van der Waals surface area contributed by atoms with Crippen LogP contribution >= 0.6 is 11.8 Å². The standard InChI is InChI=1S/C23H23N5O4S/c29-21-20(33-23(30)27-21)12-16-5-8-25-22(26-16)28-9-6-15(7-10-28)13-24-14-17-3-4-19(32-17)18-2-1-11-31-18/h1-5,8,11-12,15,24H,6-7,9-10,13-14H2,(H,27,29,30). The summed E-state index contributed by atoms with van der Waals surface area (Å²) in [6.45, 7) is 3.32. The highest BCUT2D eigenvalue weighted by Crippen LogP contribution is 2.26. The minimum Gasteiger partial charge on any atom is -0.461 e. The normalized spacial score (nSPS) is 18.3. The highest BCUT2D eigenvalue weighted by Gasteiger charge is 2.25. The Bertz CT molecular complexity index is 1170. The van der Waals surface area contributed by atoms with Gasteiger partial charge in [-0.15, -0.1) is 0 Å². The van der Waals surface area contributed by atoms with E-state index in [1.54, 1.807) is 24.6 Å². The lowest BCUT2D eigenvalue weighted by atomic mass is 9.97. The molecule has 0 bridgehead atoms. The lowest BCUT2D eigenvalue weighted by Crippen LogP contribution is -2.38. The molecule has 0 unspecified atom stereocenters. The summed E-state index contributed by atoms with van der Waals surface area (Å²) in [5, 5.41) is 5.38. The van der Waals surface area contributed by atoms with E-state index >= 15 is 0 Å². The number of hydrogen-bond donors (Lipinski definition) is 2. The predicted octanol–water partition coefficient (Wildman–Crippen LogP) is 3.66. The maximum Gasteiger partial charge on any atom is 0.290 e. The van der Waals surface area contributed by atoms with Crippen LogP contribution in [-0.2, 0) is 11.3 Å². The number of aromatic nitrogens is 2. The summed E-state index contributed by atoms with van der Waals surface area (Å²) < 4.78 is 11.2. The monoisotopic (exact) mass is 465 g/mol. The number of thioether (sulfide) groups is 1. The van der Waals surface area contributed by atoms with Gasteiger partial charge < -0.3 is 19.1 Å². The van der Waals surface area contributed by atoms with Gasteiger partial charge in [-0.05, 0) is 73.5 Å². The van der Waals surface area contributed by atoms with Crippen molar-refractivity contribution < 1.29 is 18.4 Å². The van der Waals surface area contributed by atoms with E-state index in [4.69, 9.17) is 8.83 Å². The minimum absolute atomic E-state index is 0.349. The van der Waals surface area contributed by atoms with Gasteiger partial charge in [0.05, 0.1) is 23.4 Å². The molecule has 0 aliphatic carbocycles. The lowest BCUT2D eigenvalue weighted by Gasteiger charge is -2.32. The summed E-state index contributed by atoms with van der Waals surface area (Å²) in [5.74, 6) is 3.18. The Balaban J connectivity index is 1.10. The first-order valence-corrected chi connectivity index (χ1v) is 11.6. The van der Waals surface area contributed by atoms with E-state index in [0.717, 1.165) is 61.5 Å². The summed E-state index contributed by atoms with van der Waals surface area (Å²) in [6.07, 6.45) is 7.01. The third-order valence-electron chi connectivity index (χ3n) is 5.64. The van der Waals surface area contributed by atoms with Gasteiger partial charge in [-0.3, -0.25) is 14.9 Å². The second-order valence-corrected chi connectivity index (χ2v) is 8.95. The van der Waals surface area contributed by atoms with Gasteiger partial charge in [-0.1, -0.05) is 0 Å². The third-order valence-corrected chi connectivity index (χ3v) is 6.45. The Morgan fingerprint density at radius 2 is 2.06 bits per heavy atom. The second kappa shape index (κ2) is 9.63. The topological polar surface area (TPSA) is 114 Å². The first kappa shape index (κ1) is 21.5. The van der Waals surface area contributed by atoms with E-state index in [-0.39, 0.29) is 11.1 Å². The highest BCUT2D eigenvalue weighted by atomic mass is 32.2. The summed E-state index contributed by atoms with van der Waals surface area (Å²) in [7, 11) is 0. The van der Waals surface area contributed by atoms with Crippen LogP contribution in [0, 0.1) is 5.92 Å². The average Bonchev–Trinajstić information content (AvgIpc) is 3.57. The number of rotatable bonds is 7. The maximum atomic E-state index is 11.8. The van der Waals surface area contributed by atoms with Gasteiger partial charge in [-0.25, -0.2) is 9.97 Å². The second-order valence-electron chi connectivity index (χ2n) is 7.94. The van der Waals surface area contributed by atoms with Crippen LogP contribution in [0.3, 0.4) is 0 Å². The fourth-order valence-electron chi connectivity index (χ4n) is 3.91. The molecule has 2 saturated heterocycles. The number of nitrogens with one attached hydrogen (secondary N) is 2. The van der Waals surface area contributed by atoms with E-state index in [1.165, 1.54) is 0 Å². The molecule has 2 N–H and O–H groups in total. The predicted molar refractivity (Wildman–Crippen MR) is 124 cm³/mol. The van der Waals surface area contributed by atoms with Gasteiger partial charge in [-0.2, -0.15) is 0 Å². The zero-order valence-corrected chi connectivity index (χ0v) is 18.6. The molecule has 2 aliphatic rings. The molecule has 0 atom stereocenters. The Labute approximate surface area is 194 Å². The molecular formula is C23H23N5O4S. The minimum atomic E-state index is -0.384. The SMILES string of the molecule is O=C1NC(=O)C(=Cc2ccnc(N3CCC(CNCc4ccc(-c5ccco5)o4)CC3)n2)S1. The van der Waals surface area contributed by atoms with Gasteiger partial charge in [0.15, 0.2) is 11.5 Å². The molecule has 2 fully saturated rings. The number of carbonyl (C=O) groups excluding carboxylic acids is 2. The summed E-state index contributed by atoms with van der Waals surface area (Å²) >= 11 is 0.886. The Hall–Kier alpha value is -3.37. The van der Waals surface area contributed by atoms with Gasteiger partial charge in [0.2, 0.25) is 5.95 Å². The molecule has 0 aromatic carbocycles. The summed E-state index contributed by atoms with van der Waals surface area (Å²) in [4.78, 5) is 34.6. The van der Waals surface area contributed by atoms with Crippen molar-refractivity contribution in [3.05, 3.63) is 59.2 Å². The smallest absolute Gasteiger partial charge is 0.290 e. The molecule has 170 valence electrons. The molecule has 0 radical (unpaired) electrons. The molecule has 2 aliphatic heterocycles. The van der Waals surface area contributed by atoms with Gasteiger partial charge in [0.25, 0.3) is 11.1 Å².